The van der Waals surface area contributed by atoms with Crippen LogP contribution in [0.2, 0.25) is 0 Å². The van der Waals surface area contributed by atoms with E-state index in [2.05, 4.69) is 60.8 Å². The second-order valence-corrected chi connectivity index (χ2v) is 5.53. The SMILES string of the molecule is Cc1cccc2cc(C3CCc4ccccc4N3)oc12. The predicted molar refractivity (Wildman–Crippen MR) is 82.1 cm³/mol. The number of para-hydroxylation sites is 2. The van der Waals surface area contributed by atoms with E-state index < -0.39 is 0 Å². The van der Waals surface area contributed by atoms with Gasteiger partial charge in [-0.1, -0.05) is 36.4 Å². The maximum Gasteiger partial charge on any atom is 0.137 e. The van der Waals surface area contributed by atoms with Crippen LogP contribution < -0.4 is 5.32 Å². The van der Waals surface area contributed by atoms with Crippen LogP contribution in [0.5, 0.6) is 0 Å². The molecule has 2 heterocycles. The van der Waals surface area contributed by atoms with Gasteiger partial charge < -0.3 is 9.73 Å². The van der Waals surface area contributed by atoms with E-state index >= 15 is 0 Å². The van der Waals surface area contributed by atoms with Gasteiger partial charge in [0.1, 0.15) is 11.3 Å². The van der Waals surface area contributed by atoms with Crippen molar-refractivity contribution in [2.24, 2.45) is 0 Å². The van der Waals surface area contributed by atoms with E-state index in [1.807, 2.05) is 0 Å². The van der Waals surface area contributed by atoms with Crippen LogP contribution in [-0.4, -0.2) is 0 Å². The van der Waals surface area contributed by atoms with Crippen molar-refractivity contribution in [1.82, 2.24) is 0 Å². The second kappa shape index (κ2) is 4.41. The van der Waals surface area contributed by atoms with Crippen molar-refractivity contribution in [3.63, 3.8) is 0 Å². The van der Waals surface area contributed by atoms with Gasteiger partial charge in [-0.3, -0.25) is 0 Å². The Morgan fingerprint density at radius 1 is 1.10 bits per heavy atom. The minimum atomic E-state index is 0.275. The maximum absolute atomic E-state index is 6.09. The highest BCUT2D eigenvalue weighted by Gasteiger charge is 2.22. The molecule has 0 spiro atoms. The number of nitrogens with one attached hydrogen (secondary N) is 1. The molecular weight excluding hydrogens is 246 g/mol. The second-order valence-electron chi connectivity index (χ2n) is 5.53. The summed E-state index contributed by atoms with van der Waals surface area (Å²) >= 11 is 0. The molecule has 2 heteroatoms. The van der Waals surface area contributed by atoms with Crippen LogP contribution in [0.25, 0.3) is 11.0 Å². The van der Waals surface area contributed by atoms with Crippen molar-refractivity contribution in [2.75, 3.05) is 5.32 Å². The number of fused-ring (bicyclic) bond motifs is 2. The van der Waals surface area contributed by atoms with Gasteiger partial charge in [0.15, 0.2) is 0 Å². The van der Waals surface area contributed by atoms with Gasteiger partial charge in [-0.2, -0.15) is 0 Å². The van der Waals surface area contributed by atoms with Crippen molar-refractivity contribution in [3.8, 4) is 0 Å². The van der Waals surface area contributed by atoms with Crippen molar-refractivity contribution in [1.29, 1.82) is 0 Å². The maximum atomic E-state index is 6.09. The predicted octanol–water partition coefficient (Wildman–Crippen LogP) is 4.84. The number of anilines is 1. The van der Waals surface area contributed by atoms with Gasteiger partial charge >= 0.3 is 0 Å². The molecule has 1 aliphatic rings. The molecule has 0 aliphatic carbocycles. The quantitative estimate of drug-likeness (QED) is 0.679. The highest BCUT2D eigenvalue weighted by molar-refractivity contribution is 5.81. The molecule has 1 atom stereocenters. The molecule has 0 radical (unpaired) electrons. The molecule has 0 saturated heterocycles. The molecule has 3 aromatic rings. The highest BCUT2D eigenvalue weighted by atomic mass is 16.3. The van der Waals surface area contributed by atoms with Crippen molar-refractivity contribution < 1.29 is 4.42 Å². The summed E-state index contributed by atoms with van der Waals surface area (Å²) in [6.45, 7) is 2.10. The lowest BCUT2D eigenvalue weighted by atomic mass is 9.97. The Morgan fingerprint density at radius 3 is 2.90 bits per heavy atom. The number of rotatable bonds is 1. The first-order chi connectivity index (χ1) is 9.81. The largest absolute Gasteiger partial charge is 0.459 e. The molecule has 0 bridgehead atoms. The molecule has 0 saturated carbocycles. The van der Waals surface area contributed by atoms with E-state index in [4.69, 9.17) is 4.42 Å². The molecule has 2 nitrogen and oxygen atoms in total. The van der Waals surface area contributed by atoms with Crippen LogP contribution in [0.1, 0.15) is 29.3 Å². The Balaban J connectivity index is 1.72. The standard InChI is InChI=1S/C18H17NO/c1-12-5-4-7-14-11-17(20-18(12)14)16-10-9-13-6-2-3-8-15(13)19-16/h2-8,11,16,19H,9-10H2,1H3. The van der Waals surface area contributed by atoms with Crippen molar-refractivity contribution in [3.05, 3.63) is 65.4 Å². The number of hydrogen-bond donors (Lipinski definition) is 1. The molecule has 2 aromatic carbocycles. The number of benzene rings is 2. The van der Waals surface area contributed by atoms with Crippen molar-refractivity contribution >= 4 is 16.7 Å². The zero-order valence-electron chi connectivity index (χ0n) is 11.5. The van der Waals surface area contributed by atoms with E-state index in [1.54, 1.807) is 0 Å². The Hall–Kier alpha value is -2.22. The third-order valence-corrected chi connectivity index (χ3v) is 4.15. The fourth-order valence-corrected chi connectivity index (χ4v) is 3.05. The number of furan rings is 1. The van der Waals surface area contributed by atoms with Crippen molar-refractivity contribution in [2.45, 2.75) is 25.8 Å². The van der Waals surface area contributed by atoms with E-state index in [9.17, 15) is 0 Å². The van der Waals surface area contributed by atoms with Gasteiger partial charge in [0.25, 0.3) is 0 Å². The molecule has 100 valence electrons. The van der Waals surface area contributed by atoms with Gasteiger partial charge in [-0.05, 0) is 43.0 Å². The van der Waals surface area contributed by atoms with Crippen LogP contribution in [0.15, 0.2) is 52.9 Å². The zero-order chi connectivity index (χ0) is 13.5. The summed E-state index contributed by atoms with van der Waals surface area (Å²) in [6.07, 6.45) is 2.18. The van der Waals surface area contributed by atoms with E-state index in [1.165, 1.54) is 22.2 Å². The fraction of sp³-hybridized carbons (Fsp3) is 0.222. The summed E-state index contributed by atoms with van der Waals surface area (Å²) in [5, 5.41) is 4.79. The summed E-state index contributed by atoms with van der Waals surface area (Å²) in [4.78, 5) is 0. The molecule has 1 aliphatic heterocycles. The Bertz CT molecular complexity index is 772. The van der Waals surface area contributed by atoms with Crippen LogP contribution in [0.4, 0.5) is 5.69 Å². The highest BCUT2D eigenvalue weighted by Crippen LogP contribution is 2.35. The minimum Gasteiger partial charge on any atom is -0.459 e. The molecule has 1 N–H and O–H groups in total. The Labute approximate surface area is 118 Å². The smallest absolute Gasteiger partial charge is 0.137 e. The molecule has 20 heavy (non-hydrogen) atoms. The topological polar surface area (TPSA) is 25.2 Å². The zero-order valence-corrected chi connectivity index (χ0v) is 11.5. The molecule has 1 unspecified atom stereocenters. The summed E-state index contributed by atoms with van der Waals surface area (Å²) in [5.74, 6) is 1.05. The third-order valence-electron chi connectivity index (χ3n) is 4.15. The summed E-state index contributed by atoms with van der Waals surface area (Å²) in [6, 6.07) is 17.3. The van der Waals surface area contributed by atoms with Crippen LogP contribution >= 0.6 is 0 Å². The van der Waals surface area contributed by atoms with Gasteiger partial charge in [-0.15, -0.1) is 0 Å². The summed E-state index contributed by atoms with van der Waals surface area (Å²) in [7, 11) is 0. The first-order valence-corrected chi connectivity index (χ1v) is 7.15. The number of hydrogen-bond acceptors (Lipinski definition) is 2. The fourth-order valence-electron chi connectivity index (χ4n) is 3.05. The number of aryl methyl sites for hydroxylation is 2. The monoisotopic (exact) mass is 263 g/mol. The average Bonchev–Trinajstić information content (AvgIpc) is 2.92. The summed E-state index contributed by atoms with van der Waals surface area (Å²) in [5.41, 5.74) is 4.85. The van der Waals surface area contributed by atoms with Crippen LogP contribution in [0.3, 0.4) is 0 Å². The first-order valence-electron chi connectivity index (χ1n) is 7.15. The molecule has 0 fully saturated rings. The minimum absolute atomic E-state index is 0.275. The van der Waals surface area contributed by atoms with Gasteiger partial charge in [-0.25, -0.2) is 0 Å². The van der Waals surface area contributed by atoms with Gasteiger partial charge in [0.2, 0.25) is 0 Å². The average molecular weight is 263 g/mol. The Kier molecular flexibility index (Phi) is 2.56. The molecular formula is C18H17NO. The lowest BCUT2D eigenvalue weighted by molar-refractivity contribution is 0.488. The Morgan fingerprint density at radius 2 is 2.00 bits per heavy atom. The van der Waals surface area contributed by atoms with Gasteiger partial charge in [0, 0.05) is 11.1 Å². The lowest BCUT2D eigenvalue weighted by Gasteiger charge is -2.25. The van der Waals surface area contributed by atoms with E-state index in [-0.39, 0.29) is 6.04 Å². The first kappa shape index (κ1) is 11.6. The van der Waals surface area contributed by atoms with E-state index in [0.29, 0.717) is 0 Å². The summed E-state index contributed by atoms with van der Waals surface area (Å²) < 4.78 is 6.09. The lowest BCUT2D eigenvalue weighted by Crippen LogP contribution is -2.17. The van der Waals surface area contributed by atoms with Crippen LogP contribution in [0, 0.1) is 6.92 Å². The normalized spacial score (nSPS) is 17.8. The molecule has 0 amide bonds. The van der Waals surface area contributed by atoms with E-state index in [0.717, 1.165) is 24.2 Å². The van der Waals surface area contributed by atoms with Crippen LogP contribution in [-0.2, 0) is 6.42 Å². The van der Waals surface area contributed by atoms with Gasteiger partial charge in [0.05, 0.1) is 6.04 Å². The third kappa shape index (κ3) is 1.80. The molecule has 4 rings (SSSR count). The molecule has 1 aromatic heterocycles.